The highest BCUT2D eigenvalue weighted by molar-refractivity contribution is 6.08. The summed E-state index contributed by atoms with van der Waals surface area (Å²) in [5, 5.41) is 10.9. The lowest BCUT2D eigenvalue weighted by molar-refractivity contribution is -0.131. The fourth-order valence-electron chi connectivity index (χ4n) is 2.95. The number of rotatable bonds is 6. The van der Waals surface area contributed by atoms with Crippen LogP contribution in [0.15, 0.2) is 23.3 Å². The van der Waals surface area contributed by atoms with Crippen molar-refractivity contribution in [3.8, 4) is 5.88 Å². The van der Waals surface area contributed by atoms with E-state index in [1.165, 1.54) is 0 Å². The summed E-state index contributed by atoms with van der Waals surface area (Å²) in [5.41, 5.74) is 3.96. The van der Waals surface area contributed by atoms with Crippen molar-refractivity contribution in [3.63, 3.8) is 0 Å². The largest absolute Gasteiger partial charge is 0.481 e. The number of fused-ring (bicyclic) bond motifs is 1. The predicted octanol–water partition coefficient (Wildman–Crippen LogP) is 3.03. The Morgan fingerprint density at radius 3 is 2.79 bits per heavy atom. The zero-order chi connectivity index (χ0) is 17.1. The Morgan fingerprint density at radius 2 is 2.08 bits per heavy atom. The highest BCUT2D eigenvalue weighted by Gasteiger charge is 2.23. The minimum Gasteiger partial charge on any atom is -0.481 e. The van der Waals surface area contributed by atoms with E-state index in [0.717, 1.165) is 41.7 Å². The molecule has 2 aromatic rings. The van der Waals surface area contributed by atoms with Gasteiger partial charge in [-0.25, -0.2) is 9.52 Å². The zero-order valence-corrected chi connectivity index (χ0v) is 14.6. The highest BCUT2D eigenvalue weighted by Crippen LogP contribution is 2.24. The maximum atomic E-state index is 12.1. The number of hydrazone groups is 1. The van der Waals surface area contributed by atoms with Gasteiger partial charge in [0.25, 0.3) is 0 Å². The number of ether oxygens (including phenoxy) is 1. The van der Waals surface area contributed by atoms with Crippen LogP contribution in [0.3, 0.4) is 0 Å². The lowest BCUT2D eigenvalue weighted by Gasteiger charge is -2.24. The van der Waals surface area contributed by atoms with Gasteiger partial charge < -0.3 is 4.74 Å². The van der Waals surface area contributed by atoms with Gasteiger partial charge >= 0.3 is 0 Å². The number of hydrogen-bond donors (Lipinski definition) is 0. The van der Waals surface area contributed by atoms with Crippen LogP contribution in [-0.4, -0.2) is 39.9 Å². The molecule has 128 valence electrons. The number of unbranched alkanes of at least 4 members (excludes halogenated alkanes) is 1. The molecule has 0 unspecified atom stereocenters. The number of hydrogen-bond acceptors (Lipinski definition) is 4. The van der Waals surface area contributed by atoms with E-state index in [2.05, 4.69) is 30.1 Å². The Kier molecular flexibility index (Phi) is 4.83. The van der Waals surface area contributed by atoms with Crippen molar-refractivity contribution >= 4 is 17.1 Å². The van der Waals surface area contributed by atoms with Crippen molar-refractivity contribution in [2.45, 2.75) is 46.0 Å². The molecule has 1 aliphatic rings. The Hall–Kier alpha value is -2.37. The molecule has 6 nitrogen and oxygen atoms in total. The van der Waals surface area contributed by atoms with Gasteiger partial charge in [-0.1, -0.05) is 20.3 Å². The molecule has 0 fully saturated rings. The van der Waals surface area contributed by atoms with Gasteiger partial charge in [0.05, 0.1) is 24.0 Å². The Bertz CT molecular complexity index is 779. The molecule has 3 heterocycles. The molecule has 0 aliphatic carbocycles. The second-order valence-electron chi connectivity index (χ2n) is 5.99. The van der Waals surface area contributed by atoms with E-state index in [1.807, 2.05) is 16.6 Å². The number of carbonyl (C=O) groups excluding carboxylic acids is 1. The topological polar surface area (TPSA) is 59.2 Å². The zero-order valence-electron chi connectivity index (χ0n) is 14.6. The summed E-state index contributed by atoms with van der Waals surface area (Å²) in [5.74, 6) is 0.809. The summed E-state index contributed by atoms with van der Waals surface area (Å²) in [6.07, 6.45) is 4.04. The van der Waals surface area contributed by atoms with Gasteiger partial charge in [-0.3, -0.25) is 4.79 Å². The SMILES string of the molecule is CCCCN1N=C(c2ccc(OC)n3nc(CC)cc23)CCC1=O. The molecule has 3 rings (SSSR count). The van der Waals surface area contributed by atoms with Crippen molar-refractivity contribution in [3.05, 3.63) is 29.5 Å². The van der Waals surface area contributed by atoms with Crippen LogP contribution in [0.5, 0.6) is 5.88 Å². The minimum absolute atomic E-state index is 0.111. The first-order chi connectivity index (χ1) is 11.7. The average Bonchev–Trinajstić information content (AvgIpc) is 3.04. The molecule has 2 aromatic heterocycles. The monoisotopic (exact) mass is 328 g/mol. The summed E-state index contributed by atoms with van der Waals surface area (Å²) >= 11 is 0. The Morgan fingerprint density at radius 1 is 1.25 bits per heavy atom. The fourth-order valence-corrected chi connectivity index (χ4v) is 2.95. The van der Waals surface area contributed by atoms with Gasteiger partial charge in [0.15, 0.2) is 0 Å². The molecule has 0 radical (unpaired) electrons. The van der Waals surface area contributed by atoms with Crippen LogP contribution in [0.2, 0.25) is 0 Å². The van der Waals surface area contributed by atoms with E-state index in [9.17, 15) is 4.79 Å². The van der Waals surface area contributed by atoms with Gasteiger partial charge in [0.2, 0.25) is 11.8 Å². The lowest BCUT2D eigenvalue weighted by Crippen LogP contribution is -2.32. The Balaban J connectivity index is 2.05. The molecule has 0 atom stereocenters. The molecule has 1 amide bonds. The molecule has 0 saturated carbocycles. The second kappa shape index (κ2) is 7.03. The smallest absolute Gasteiger partial charge is 0.243 e. The number of pyridine rings is 1. The van der Waals surface area contributed by atoms with Crippen LogP contribution in [0.1, 0.15) is 50.8 Å². The van der Waals surface area contributed by atoms with E-state index in [4.69, 9.17) is 4.74 Å². The lowest BCUT2D eigenvalue weighted by atomic mass is 10.0. The third kappa shape index (κ3) is 3.00. The first kappa shape index (κ1) is 16.5. The molecule has 24 heavy (non-hydrogen) atoms. The Labute approximate surface area is 142 Å². The first-order valence-electron chi connectivity index (χ1n) is 8.61. The molecule has 0 bridgehead atoms. The number of nitrogens with zero attached hydrogens (tertiary/aromatic N) is 4. The number of aromatic nitrogens is 2. The molecule has 1 aliphatic heterocycles. The van der Waals surface area contributed by atoms with E-state index in [-0.39, 0.29) is 5.91 Å². The summed E-state index contributed by atoms with van der Waals surface area (Å²) in [6, 6.07) is 6.00. The second-order valence-corrected chi connectivity index (χ2v) is 5.99. The summed E-state index contributed by atoms with van der Waals surface area (Å²) in [6.45, 7) is 4.88. The van der Waals surface area contributed by atoms with Gasteiger partial charge in [-0.15, -0.1) is 0 Å². The highest BCUT2D eigenvalue weighted by atomic mass is 16.5. The van der Waals surface area contributed by atoms with Crippen LogP contribution in [0.25, 0.3) is 5.52 Å². The average molecular weight is 328 g/mol. The molecular weight excluding hydrogens is 304 g/mol. The molecule has 0 N–H and O–H groups in total. The summed E-state index contributed by atoms with van der Waals surface area (Å²) in [4.78, 5) is 12.1. The van der Waals surface area contributed by atoms with Crippen molar-refractivity contribution < 1.29 is 9.53 Å². The fraction of sp³-hybridized carbons (Fsp3) is 0.500. The van der Waals surface area contributed by atoms with Crippen molar-refractivity contribution in [1.82, 2.24) is 14.6 Å². The molecular formula is C18H24N4O2. The third-order valence-corrected chi connectivity index (χ3v) is 4.35. The van der Waals surface area contributed by atoms with Gasteiger partial charge in [-0.05, 0) is 25.0 Å². The van der Waals surface area contributed by atoms with Crippen LogP contribution in [-0.2, 0) is 11.2 Å². The maximum Gasteiger partial charge on any atom is 0.243 e. The van der Waals surface area contributed by atoms with Crippen LogP contribution >= 0.6 is 0 Å². The van der Waals surface area contributed by atoms with E-state index in [1.54, 1.807) is 12.1 Å². The van der Waals surface area contributed by atoms with Crippen molar-refractivity contribution in [1.29, 1.82) is 0 Å². The molecule has 6 heteroatoms. The molecule has 0 saturated heterocycles. The third-order valence-electron chi connectivity index (χ3n) is 4.35. The standard InChI is InChI=1S/C18H24N4O2/c1-4-6-11-21-17(23)9-8-15(20-21)14-7-10-18(24-3)22-16(14)12-13(5-2)19-22/h7,10,12H,4-6,8-9,11H2,1-3H3. The quantitative estimate of drug-likeness (QED) is 0.819. The van der Waals surface area contributed by atoms with Gasteiger partial charge in [0.1, 0.15) is 0 Å². The van der Waals surface area contributed by atoms with Crippen LogP contribution in [0, 0.1) is 0 Å². The molecule has 0 spiro atoms. The number of carbonyl (C=O) groups is 1. The van der Waals surface area contributed by atoms with E-state index in [0.29, 0.717) is 25.3 Å². The first-order valence-corrected chi connectivity index (χ1v) is 8.61. The van der Waals surface area contributed by atoms with E-state index < -0.39 is 0 Å². The van der Waals surface area contributed by atoms with Crippen molar-refractivity contribution in [2.75, 3.05) is 13.7 Å². The normalized spacial score (nSPS) is 15.0. The number of amides is 1. The maximum absolute atomic E-state index is 12.1. The van der Waals surface area contributed by atoms with Crippen LogP contribution in [0.4, 0.5) is 0 Å². The van der Waals surface area contributed by atoms with Crippen LogP contribution < -0.4 is 4.74 Å². The number of aryl methyl sites for hydroxylation is 1. The number of methoxy groups -OCH3 is 1. The summed E-state index contributed by atoms with van der Waals surface area (Å²) < 4.78 is 7.24. The predicted molar refractivity (Wildman–Crippen MR) is 93.5 cm³/mol. The molecule has 0 aromatic carbocycles. The minimum atomic E-state index is 0.111. The van der Waals surface area contributed by atoms with E-state index >= 15 is 0 Å². The summed E-state index contributed by atoms with van der Waals surface area (Å²) in [7, 11) is 1.64. The van der Waals surface area contributed by atoms with Crippen molar-refractivity contribution in [2.24, 2.45) is 5.10 Å². The van der Waals surface area contributed by atoms with Gasteiger partial charge in [0, 0.05) is 31.0 Å². The van der Waals surface area contributed by atoms with Gasteiger partial charge in [-0.2, -0.15) is 10.2 Å².